The van der Waals surface area contributed by atoms with Crippen LogP contribution in [0.3, 0.4) is 0 Å². The molecule has 1 saturated heterocycles. The number of aliphatic imine (C=N–C) groups is 1. The Hall–Kier alpha value is -2.08. The monoisotopic (exact) mass is 385 g/mol. The molecule has 146 valence electrons. The second-order valence-electron chi connectivity index (χ2n) is 7.26. The Kier molecular flexibility index (Phi) is 7.10. The molecule has 5 nitrogen and oxygen atoms in total. The van der Waals surface area contributed by atoms with Crippen LogP contribution < -0.4 is 15.5 Å². The summed E-state index contributed by atoms with van der Waals surface area (Å²) in [5.41, 5.74) is 1.23. The number of hydrogen-bond acceptors (Lipinski definition) is 4. The van der Waals surface area contributed by atoms with E-state index < -0.39 is 0 Å². The lowest BCUT2D eigenvalue weighted by Gasteiger charge is -2.28. The number of anilines is 1. The number of pyridine rings is 1. The fourth-order valence-corrected chi connectivity index (χ4v) is 4.45. The van der Waals surface area contributed by atoms with E-state index in [1.165, 1.54) is 34.6 Å². The van der Waals surface area contributed by atoms with Gasteiger partial charge in [-0.25, -0.2) is 4.98 Å². The molecular weight excluding hydrogens is 354 g/mol. The molecule has 27 heavy (non-hydrogen) atoms. The molecule has 1 aliphatic heterocycles. The Morgan fingerprint density at radius 1 is 1.26 bits per heavy atom. The number of rotatable bonds is 6. The van der Waals surface area contributed by atoms with E-state index in [0.717, 1.165) is 37.8 Å². The smallest absolute Gasteiger partial charge is 0.191 e. The predicted octanol–water partition coefficient (Wildman–Crippen LogP) is 3.74. The van der Waals surface area contributed by atoms with Crippen molar-refractivity contribution < 1.29 is 0 Å². The molecule has 3 rings (SSSR count). The zero-order chi connectivity index (χ0) is 19.1. The van der Waals surface area contributed by atoms with E-state index in [9.17, 15) is 0 Å². The average molecular weight is 386 g/mol. The summed E-state index contributed by atoms with van der Waals surface area (Å²) in [4.78, 5) is 14.1. The number of hydrogen-bond donors (Lipinski definition) is 2. The van der Waals surface area contributed by atoms with E-state index in [1.807, 2.05) is 24.6 Å². The Balaban J connectivity index is 1.51. The van der Waals surface area contributed by atoms with Gasteiger partial charge in [-0.15, -0.1) is 11.3 Å². The van der Waals surface area contributed by atoms with E-state index in [-0.39, 0.29) is 0 Å². The van der Waals surface area contributed by atoms with Crippen molar-refractivity contribution >= 4 is 23.1 Å². The molecule has 0 spiro atoms. The molecule has 2 aromatic heterocycles. The van der Waals surface area contributed by atoms with Gasteiger partial charge in [-0.1, -0.05) is 0 Å². The molecule has 0 aromatic carbocycles. The maximum absolute atomic E-state index is 4.56. The first kappa shape index (κ1) is 19.7. The highest BCUT2D eigenvalue weighted by Crippen LogP contribution is 2.18. The van der Waals surface area contributed by atoms with E-state index in [0.29, 0.717) is 6.04 Å². The van der Waals surface area contributed by atoms with Crippen LogP contribution in [-0.2, 0) is 13.0 Å². The van der Waals surface area contributed by atoms with Crippen molar-refractivity contribution in [2.45, 2.75) is 52.1 Å². The second kappa shape index (κ2) is 9.74. The molecule has 2 aromatic rings. The SMILES string of the molecule is CN=C(NCc1ccnc(N2CCCCC2)c1)NC(C)Cc1ccc(C)s1. The van der Waals surface area contributed by atoms with E-state index in [2.05, 4.69) is 63.6 Å². The van der Waals surface area contributed by atoms with Crippen LogP contribution in [0, 0.1) is 6.92 Å². The number of aryl methyl sites for hydroxylation is 1. The van der Waals surface area contributed by atoms with Crippen molar-refractivity contribution in [1.82, 2.24) is 15.6 Å². The normalized spacial score (nSPS) is 16.3. The van der Waals surface area contributed by atoms with Gasteiger partial charge in [0.2, 0.25) is 0 Å². The minimum absolute atomic E-state index is 0.329. The summed E-state index contributed by atoms with van der Waals surface area (Å²) in [6.45, 7) is 7.33. The van der Waals surface area contributed by atoms with Crippen molar-refractivity contribution in [2.75, 3.05) is 25.0 Å². The van der Waals surface area contributed by atoms with Gasteiger partial charge < -0.3 is 15.5 Å². The Labute approximate surface area is 166 Å². The van der Waals surface area contributed by atoms with Crippen LogP contribution in [0.5, 0.6) is 0 Å². The van der Waals surface area contributed by atoms with Crippen LogP contribution in [0.15, 0.2) is 35.5 Å². The molecular formula is C21H31N5S. The summed E-state index contributed by atoms with van der Waals surface area (Å²) in [7, 11) is 1.82. The fourth-order valence-electron chi connectivity index (χ4n) is 3.43. The summed E-state index contributed by atoms with van der Waals surface area (Å²) < 4.78 is 0. The second-order valence-corrected chi connectivity index (χ2v) is 8.63. The van der Waals surface area contributed by atoms with E-state index in [1.54, 1.807) is 0 Å². The van der Waals surface area contributed by atoms with Crippen molar-refractivity contribution in [2.24, 2.45) is 4.99 Å². The molecule has 0 radical (unpaired) electrons. The zero-order valence-electron chi connectivity index (χ0n) is 16.7. The third-order valence-electron chi connectivity index (χ3n) is 4.86. The topological polar surface area (TPSA) is 52.6 Å². The molecule has 2 N–H and O–H groups in total. The minimum Gasteiger partial charge on any atom is -0.357 e. The lowest BCUT2D eigenvalue weighted by molar-refractivity contribution is 0.573. The van der Waals surface area contributed by atoms with Gasteiger partial charge in [0, 0.05) is 55.1 Å². The van der Waals surface area contributed by atoms with Crippen LogP contribution in [0.25, 0.3) is 0 Å². The summed E-state index contributed by atoms with van der Waals surface area (Å²) in [6, 6.07) is 9.00. The zero-order valence-corrected chi connectivity index (χ0v) is 17.5. The molecule has 1 atom stereocenters. The maximum atomic E-state index is 4.56. The summed E-state index contributed by atoms with van der Waals surface area (Å²) in [6.07, 6.45) is 6.79. The van der Waals surface area contributed by atoms with Crippen molar-refractivity contribution in [3.8, 4) is 0 Å². The van der Waals surface area contributed by atoms with Crippen molar-refractivity contribution in [3.63, 3.8) is 0 Å². The molecule has 1 unspecified atom stereocenters. The predicted molar refractivity (Wildman–Crippen MR) is 116 cm³/mol. The Morgan fingerprint density at radius 3 is 2.78 bits per heavy atom. The number of aromatic nitrogens is 1. The fraction of sp³-hybridized carbons (Fsp3) is 0.524. The highest BCUT2D eigenvalue weighted by atomic mass is 32.1. The van der Waals surface area contributed by atoms with E-state index >= 15 is 0 Å². The molecule has 6 heteroatoms. The van der Waals surface area contributed by atoms with Crippen LogP contribution in [-0.4, -0.2) is 37.1 Å². The quantitative estimate of drug-likeness (QED) is 0.588. The Morgan fingerprint density at radius 2 is 2.07 bits per heavy atom. The number of thiophene rings is 1. The summed E-state index contributed by atoms with van der Waals surface area (Å²) in [5.74, 6) is 1.94. The van der Waals surface area contributed by atoms with E-state index in [4.69, 9.17) is 0 Å². The number of piperidine rings is 1. The number of guanidine groups is 1. The molecule has 0 saturated carbocycles. The first-order valence-electron chi connectivity index (χ1n) is 9.86. The van der Waals surface area contributed by atoms with Crippen molar-refractivity contribution in [1.29, 1.82) is 0 Å². The summed E-state index contributed by atoms with van der Waals surface area (Å²) >= 11 is 1.86. The third kappa shape index (κ3) is 5.96. The maximum Gasteiger partial charge on any atom is 0.191 e. The van der Waals surface area contributed by atoms with Gasteiger partial charge in [-0.3, -0.25) is 4.99 Å². The lowest BCUT2D eigenvalue weighted by atomic mass is 10.1. The average Bonchev–Trinajstić information content (AvgIpc) is 3.10. The first-order valence-corrected chi connectivity index (χ1v) is 10.7. The molecule has 1 aliphatic rings. The van der Waals surface area contributed by atoms with Gasteiger partial charge in [0.15, 0.2) is 5.96 Å². The standard InChI is InChI=1S/C21H31N5S/c1-16(13-19-8-7-17(2)27-19)25-21(22-3)24-15-18-9-10-23-20(14-18)26-11-5-4-6-12-26/h7-10,14,16H,4-6,11-13,15H2,1-3H3,(H2,22,24,25). The third-order valence-corrected chi connectivity index (χ3v) is 5.88. The molecule has 0 bridgehead atoms. The highest BCUT2D eigenvalue weighted by molar-refractivity contribution is 7.11. The lowest BCUT2D eigenvalue weighted by Crippen LogP contribution is -2.42. The van der Waals surface area contributed by atoms with Gasteiger partial charge in [-0.2, -0.15) is 0 Å². The largest absolute Gasteiger partial charge is 0.357 e. The first-order chi connectivity index (χ1) is 13.1. The summed E-state index contributed by atoms with van der Waals surface area (Å²) in [5, 5.41) is 6.93. The van der Waals surface area contributed by atoms with Crippen LogP contribution >= 0.6 is 11.3 Å². The van der Waals surface area contributed by atoms with Crippen LogP contribution in [0.2, 0.25) is 0 Å². The van der Waals surface area contributed by atoms with Gasteiger partial charge in [0.1, 0.15) is 5.82 Å². The van der Waals surface area contributed by atoms with Gasteiger partial charge in [-0.05, 0) is 62.9 Å². The van der Waals surface area contributed by atoms with Crippen molar-refractivity contribution in [3.05, 3.63) is 45.8 Å². The highest BCUT2D eigenvalue weighted by Gasteiger charge is 2.12. The number of nitrogens with one attached hydrogen (secondary N) is 2. The van der Waals surface area contributed by atoms with Gasteiger partial charge in [0.05, 0.1) is 0 Å². The minimum atomic E-state index is 0.329. The van der Waals surface area contributed by atoms with Crippen LogP contribution in [0.1, 0.15) is 41.5 Å². The van der Waals surface area contributed by atoms with Crippen LogP contribution in [0.4, 0.5) is 5.82 Å². The molecule has 3 heterocycles. The molecule has 0 amide bonds. The van der Waals surface area contributed by atoms with Gasteiger partial charge in [0.25, 0.3) is 0 Å². The molecule has 0 aliphatic carbocycles. The Bertz CT molecular complexity index is 749. The molecule has 1 fully saturated rings. The van der Waals surface area contributed by atoms with Gasteiger partial charge >= 0.3 is 0 Å². The number of nitrogens with zero attached hydrogens (tertiary/aromatic N) is 3.